The smallest absolute Gasteiger partial charge is 0.341 e. The van der Waals surface area contributed by atoms with Crippen LogP contribution in [0.15, 0.2) is 11.4 Å². The molecule has 2 atom stereocenters. The van der Waals surface area contributed by atoms with Crippen LogP contribution in [0.5, 0.6) is 0 Å². The van der Waals surface area contributed by atoms with Crippen molar-refractivity contribution in [3.8, 4) is 0 Å². The van der Waals surface area contributed by atoms with Gasteiger partial charge in [-0.25, -0.2) is 4.79 Å². The summed E-state index contributed by atoms with van der Waals surface area (Å²) in [6.45, 7) is 5.67. The first kappa shape index (κ1) is 14.0. The van der Waals surface area contributed by atoms with Crippen molar-refractivity contribution in [2.45, 2.75) is 13.8 Å². The average Bonchev–Trinajstić information content (AvgIpc) is 2.98. The van der Waals surface area contributed by atoms with Gasteiger partial charge < -0.3 is 15.4 Å². The zero-order valence-corrected chi connectivity index (χ0v) is 11.9. The van der Waals surface area contributed by atoms with Gasteiger partial charge in [0.05, 0.1) is 18.1 Å². The summed E-state index contributed by atoms with van der Waals surface area (Å²) in [5, 5.41) is 8.38. The van der Waals surface area contributed by atoms with Crippen molar-refractivity contribution in [1.29, 1.82) is 0 Å². The van der Waals surface area contributed by atoms with Gasteiger partial charge in [-0.05, 0) is 30.8 Å². The molecule has 1 aromatic rings. The van der Waals surface area contributed by atoms with Crippen LogP contribution in [0.3, 0.4) is 0 Å². The monoisotopic (exact) mass is 282 g/mol. The molecule has 1 amide bonds. The van der Waals surface area contributed by atoms with E-state index in [1.807, 2.05) is 6.92 Å². The maximum atomic E-state index is 12.2. The third kappa shape index (κ3) is 3.13. The van der Waals surface area contributed by atoms with Crippen LogP contribution in [0, 0.1) is 11.8 Å². The highest BCUT2D eigenvalue weighted by Gasteiger charge is 2.30. The number of thiophene rings is 1. The van der Waals surface area contributed by atoms with E-state index in [0.29, 0.717) is 29.6 Å². The Bertz CT molecular complexity index is 472. The summed E-state index contributed by atoms with van der Waals surface area (Å²) in [4.78, 5) is 23.9. The highest BCUT2D eigenvalue weighted by Crippen LogP contribution is 2.26. The summed E-state index contributed by atoms with van der Waals surface area (Å²) in [6, 6.07) is 1.68. The molecule has 1 aliphatic heterocycles. The molecule has 0 bridgehead atoms. The second-order valence-electron chi connectivity index (χ2n) is 4.62. The molecule has 0 radical (unpaired) electrons. The molecule has 2 heterocycles. The number of hydrogen-bond donors (Lipinski definition) is 2. The number of carbonyl (C=O) groups is 2. The molecule has 19 heavy (non-hydrogen) atoms. The highest BCUT2D eigenvalue weighted by atomic mass is 32.1. The molecule has 0 unspecified atom stereocenters. The Morgan fingerprint density at radius 3 is 2.95 bits per heavy atom. The number of rotatable bonds is 4. The van der Waals surface area contributed by atoms with Gasteiger partial charge in [0.1, 0.15) is 5.00 Å². The lowest BCUT2D eigenvalue weighted by Crippen LogP contribution is -2.28. The number of anilines is 1. The number of carbonyl (C=O) groups excluding carboxylic acids is 2. The first-order valence-corrected chi connectivity index (χ1v) is 7.27. The van der Waals surface area contributed by atoms with Crippen molar-refractivity contribution in [2.24, 2.45) is 11.8 Å². The van der Waals surface area contributed by atoms with E-state index in [9.17, 15) is 9.59 Å². The van der Waals surface area contributed by atoms with E-state index < -0.39 is 5.97 Å². The van der Waals surface area contributed by atoms with E-state index in [4.69, 9.17) is 4.74 Å². The molecule has 1 fully saturated rings. The Morgan fingerprint density at radius 1 is 1.53 bits per heavy atom. The molecule has 2 N–H and O–H groups in total. The van der Waals surface area contributed by atoms with E-state index in [2.05, 4.69) is 10.6 Å². The van der Waals surface area contributed by atoms with Crippen molar-refractivity contribution >= 4 is 28.2 Å². The molecule has 104 valence electrons. The number of hydrogen-bond acceptors (Lipinski definition) is 5. The van der Waals surface area contributed by atoms with Crippen LogP contribution in [0.4, 0.5) is 5.00 Å². The van der Waals surface area contributed by atoms with Gasteiger partial charge in [-0.15, -0.1) is 11.3 Å². The first-order valence-electron chi connectivity index (χ1n) is 6.39. The summed E-state index contributed by atoms with van der Waals surface area (Å²) in [5.74, 6) is -0.162. The van der Waals surface area contributed by atoms with Crippen LogP contribution in [0.2, 0.25) is 0 Å². The van der Waals surface area contributed by atoms with Crippen LogP contribution >= 0.6 is 11.3 Å². The molecular weight excluding hydrogens is 264 g/mol. The lowest BCUT2D eigenvalue weighted by molar-refractivity contribution is -0.120. The summed E-state index contributed by atoms with van der Waals surface area (Å²) >= 11 is 1.34. The van der Waals surface area contributed by atoms with Gasteiger partial charge in [-0.2, -0.15) is 0 Å². The molecule has 1 saturated heterocycles. The maximum Gasteiger partial charge on any atom is 0.341 e. The van der Waals surface area contributed by atoms with Crippen molar-refractivity contribution < 1.29 is 14.3 Å². The van der Waals surface area contributed by atoms with Gasteiger partial charge in [-0.3, -0.25) is 4.79 Å². The fourth-order valence-electron chi connectivity index (χ4n) is 2.14. The van der Waals surface area contributed by atoms with E-state index in [1.165, 1.54) is 11.3 Å². The maximum absolute atomic E-state index is 12.2. The van der Waals surface area contributed by atoms with Gasteiger partial charge in [0.15, 0.2) is 0 Å². The molecule has 0 aliphatic carbocycles. The Labute approximate surface area is 116 Å². The Hall–Kier alpha value is -1.40. The summed E-state index contributed by atoms with van der Waals surface area (Å²) in [7, 11) is 0. The number of ether oxygens (including phenoxy) is 1. The zero-order chi connectivity index (χ0) is 13.8. The molecule has 1 aliphatic rings. The van der Waals surface area contributed by atoms with E-state index in [-0.39, 0.29) is 11.8 Å². The van der Waals surface area contributed by atoms with Gasteiger partial charge in [-0.1, -0.05) is 6.92 Å². The molecule has 1 aromatic heterocycles. The highest BCUT2D eigenvalue weighted by molar-refractivity contribution is 7.14. The fraction of sp³-hybridized carbons (Fsp3) is 0.538. The standard InChI is InChI=1S/C13H18N2O3S/c1-3-18-13(17)9-4-5-19-12(9)15-11(16)10-7-14-6-8(10)2/h4-5,8,10,14H,3,6-7H2,1-2H3,(H,15,16)/t8-,10-/m1/s1. The second-order valence-corrected chi connectivity index (χ2v) is 5.53. The Morgan fingerprint density at radius 2 is 2.32 bits per heavy atom. The van der Waals surface area contributed by atoms with Crippen LogP contribution < -0.4 is 10.6 Å². The predicted octanol–water partition coefficient (Wildman–Crippen LogP) is 1.72. The molecule has 5 nitrogen and oxygen atoms in total. The van der Waals surface area contributed by atoms with E-state index in [1.54, 1.807) is 18.4 Å². The number of nitrogens with one attached hydrogen (secondary N) is 2. The van der Waals surface area contributed by atoms with Gasteiger partial charge in [0.2, 0.25) is 5.91 Å². The van der Waals surface area contributed by atoms with Crippen molar-refractivity contribution in [3.05, 3.63) is 17.0 Å². The minimum Gasteiger partial charge on any atom is -0.462 e. The minimum atomic E-state index is -0.392. The van der Waals surface area contributed by atoms with Crippen molar-refractivity contribution in [3.63, 3.8) is 0 Å². The topological polar surface area (TPSA) is 67.4 Å². The number of amides is 1. The summed E-state index contributed by atoms with van der Waals surface area (Å²) < 4.78 is 4.96. The summed E-state index contributed by atoms with van der Waals surface area (Å²) in [6.07, 6.45) is 0. The Balaban J connectivity index is 2.05. The quantitative estimate of drug-likeness (QED) is 0.825. The lowest BCUT2D eigenvalue weighted by atomic mass is 9.97. The predicted molar refractivity (Wildman–Crippen MR) is 74.4 cm³/mol. The lowest BCUT2D eigenvalue weighted by Gasteiger charge is -2.14. The van der Waals surface area contributed by atoms with Crippen LogP contribution in [0.25, 0.3) is 0 Å². The van der Waals surface area contributed by atoms with Gasteiger partial charge >= 0.3 is 5.97 Å². The third-order valence-electron chi connectivity index (χ3n) is 3.25. The molecule has 0 saturated carbocycles. The molecular formula is C13H18N2O3S. The molecule has 0 spiro atoms. The summed E-state index contributed by atoms with van der Waals surface area (Å²) in [5.41, 5.74) is 0.429. The second kappa shape index (κ2) is 6.16. The van der Waals surface area contributed by atoms with Gasteiger partial charge in [0.25, 0.3) is 0 Å². The SMILES string of the molecule is CCOC(=O)c1ccsc1NC(=O)[C@@H]1CNC[C@H]1C. The third-order valence-corrected chi connectivity index (χ3v) is 4.08. The van der Waals surface area contributed by atoms with Gasteiger partial charge in [0, 0.05) is 6.54 Å². The molecule has 0 aromatic carbocycles. The fourth-order valence-corrected chi connectivity index (χ4v) is 2.92. The van der Waals surface area contributed by atoms with Crippen molar-refractivity contribution in [2.75, 3.05) is 25.0 Å². The van der Waals surface area contributed by atoms with E-state index in [0.717, 1.165) is 6.54 Å². The minimum absolute atomic E-state index is 0.0366. The van der Waals surface area contributed by atoms with Crippen LogP contribution in [0.1, 0.15) is 24.2 Å². The van der Waals surface area contributed by atoms with Crippen LogP contribution in [-0.2, 0) is 9.53 Å². The normalized spacial score (nSPS) is 22.2. The van der Waals surface area contributed by atoms with E-state index >= 15 is 0 Å². The Kier molecular flexibility index (Phi) is 4.55. The largest absolute Gasteiger partial charge is 0.462 e. The van der Waals surface area contributed by atoms with Crippen molar-refractivity contribution in [1.82, 2.24) is 5.32 Å². The zero-order valence-electron chi connectivity index (χ0n) is 11.1. The molecule has 6 heteroatoms. The average molecular weight is 282 g/mol. The van der Waals surface area contributed by atoms with Crippen LogP contribution in [-0.4, -0.2) is 31.6 Å². The first-order chi connectivity index (χ1) is 9.13. The number of esters is 1. The molecule has 2 rings (SSSR count).